The van der Waals surface area contributed by atoms with Crippen molar-refractivity contribution in [3.05, 3.63) is 11.9 Å². The van der Waals surface area contributed by atoms with E-state index in [-0.39, 0.29) is 0 Å². The number of fused-ring (bicyclic) bond motifs is 2. The Balaban J connectivity index is 1.85. The van der Waals surface area contributed by atoms with Crippen LogP contribution in [0.3, 0.4) is 0 Å². The van der Waals surface area contributed by atoms with Crippen LogP contribution >= 0.6 is 0 Å². The number of ether oxygens (including phenoxy) is 1. The molecule has 1 N–H and O–H groups in total. The number of rotatable bonds is 5. The fourth-order valence-electron chi connectivity index (χ4n) is 3.78. The van der Waals surface area contributed by atoms with Crippen LogP contribution in [0.5, 0.6) is 5.88 Å². The van der Waals surface area contributed by atoms with Crippen LogP contribution in [0.15, 0.2) is 6.07 Å². The summed E-state index contributed by atoms with van der Waals surface area (Å²) >= 11 is 0. The molecule has 1 aromatic rings. The molecule has 5 heteroatoms. The zero-order valence-electron chi connectivity index (χ0n) is 13.3. The van der Waals surface area contributed by atoms with Crippen molar-refractivity contribution >= 4 is 5.82 Å². The minimum absolute atomic E-state index is 0.586. The molecule has 2 saturated heterocycles. The number of aromatic nitrogens is 2. The van der Waals surface area contributed by atoms with Crippen LogP contribution in [0, 0.1) is 6.92 Å². The first-order chi connectivity index (χ1) is 10.2. The maximum atomic E-state index is 5.32. The average molecular weight is 290 g/mol. The SMILES string of the molecule is CCCN(c1cc(OC)nc(C)n1)C1CC2CCC(C1)N2. The summed E-state index contributed by atoms with van der Waals surface area (Å²) in [4.78, 5) is 11.4. The van der Waals surface area contributed by atoms with Crippen molar-refractivity contribution in [2.24, 2.45) is 0 Å². The van der Waals surface area contributed by atoms with Gasteiger partial charge in [0.25, 0.3) is 0 Å². The lowest BCUT2D eigenvalue weighted by Crippen LogP contribution is -2.49. The molecule has 0 spiro atoms. The molecule has 116 valence electrons. The predicted octanol–water partition coefficient (Wildman–Crippen LogP) is 2.29. The summed E-state index contributed by atoms with van der Waals surface area (Å²) in [5, 5.41) is 3.72. The van der Waals surface area contributed by atoms with Crippen LogP contribution < -0.4 is 15.0 Å². The van der Waals surface area contributed by atoms with Crippen molar-refractivity contribution < 1.29 is 4.74 Å². The van der Waals surface area contributed by atoms with Crippen molar-refractivity contribution in [3.63, 3.8) is 0 Å². The van der Waals surface area contributed by atoms with Crippen molar-refractivity contribution in [3.8, 4) is 5.88 Å². The van der Waals surface area contributed by atoms with E-state index in [4.69, 9.17) is 4.74 Å². The van der Waals surface area contributed by atoms with Crippen LogP contribution in [0.2, 0.25) is 0 Å². The normalized spacial score (nSPS) is 27.7. The third-order valence-electron chi connectivity index (χ3n) is 4.66. The second kappa shape index (κ2) is 6.18. The minimum Gasteiger partial charge on any atom is -0.481 e. The number of aryl methyl sites for hydroxylation is 1. The van der Waals surface area contributed by atoms with Crippen LogP contribution in [0.4, 0.5) is 5.82 Å². The van der Waals surface area contributed by atoms with Crippen LogP contribution in [0.1, 0.15) is 44.9 Å². The van der Waals surface area contributed by atoms with Crippen molar-refractivity contribution in [2.75, 3.05) is 18.6 Å². The van der Waals surface area contributed by atoms with Gasteiger partial charge in [-0.05, 0) is 39.0 Å². The molecular weight excluding hydrogens is 264 g/mol. The molecule has 0 aromatic carbocycles. The summed E-state index contributed by atoms with van der Waals surface area (Å²) in [6.45, 7) is 5.21. The standard InChI is InChI=1S/C16H26N4O/c1-4-7-20(14-8-12-5-6-13(9-14)19-12)15-10-16(21-3)18-11(2)17-15/h10,12-14,19H,4-9H2,1-3H3. The number of methoxy groups -OCH3 is 1. The molecule has 2 unspecified atom stereocenters. The first-order valence-corrected chi connectivity index (χ1v) is 8.12. The average Bonchev–Trinajstić information content (AvgIpc) is 2.82. The first kappa shape index (κ1) is 14.6. The lowest BCUT2D eigenvalue weighted by molar-refractivity contribution is 0.344. The van der Waals surface area contributed by atoms with E-state index in [9.17, 15) is 0 Å². The van der Waals surface area contributed by atoms with Gasteiger partial charge in [0.1, 0.15) is 11.6 Å². The minimum atomic E-state index is 0.586. The molecule has 2 aliphatic rings. The predicted molar refractivity (Wildman–Crippen MR) is 83.9 cm³/mol. The zero-order valence-corrected chi connectivity index (χ0v) is 13.3. The molecule has 0 amide bonds. The topological polar surface area (TPSA) is 50.3 Å². The van der Waals surface area contributed by atoms with Gasteiger partial charge in [-0.25, -0.2) is 4.98 Å². The fraction of sp³-hybridized carbons (Fsp3) is 0.750. The van der Waals surface area contributed by atoms with Gasteiger partial charge in [-0.3, -0.25) is 0 Å². The Morgan fingerprint density at radius 1 is 1.29 bits per heavy atom. The lowest BCUT2D eigenvalue weighted by Gasteiger charge is -2.38. The van der Waals surface area contributed by atoms with Crippen molar-refractivity contribution in [1.29, 1.82) is 0 Å². The van der Waals surface area contributed by atoms with Gasteiger partial charge in [-0.1, -0.05) is 6.92 Å². The van der Waals surface area contributed by atoms with E-state index in [1.165, 1.54) is 25.7 Å². The molecule has 0 saturated carbocycles. The van der Waals surface area contributed by atoms with E-state index < -0.39 is 0 Å². The molecule has 2 aliphatic heterocycles. The Kier molecular flexibility index (Phi) is 4.29. The second-order valence-electron chi connectivity index (χ2n) is 6.27. The molecule has 2 bridgehead atoms. The summed E-state index contributed by atoms with van der Waals surface area (Å²) in [5.41, 5.74) is 0. The number of hydrogen-bond donors (Lipinski definition) is 1. The van der Waals surface area contributed by atoms with E-state index in [1.54, 1.807) is 7.11 Å². The molecule has 2 atom stereocenters. The molecule has 3 rings (SSSR count). The Morgan fingerprint density at radius 2 is 2.00 bits per heavy atom. The number of nitrogens with zero attached hydrogens (tertiary/aromatic N) is 3. The number of piperidine rings is 1. The van der Waals surface area contributed by atoms with Gasteiger partial charge < -0.3 is 15.0 Å². The summed E-state index contributed by atoms with van der Waals surface area (Å²) in [7, 11) is 1.67. The Morgan fingerprint density at radius 3 is 2.62 bits per heavy atom. The smallest absolute Gasteiger partial charge is 0.218 e. The number of anilines is 1. The van der Waals surface area contributed by atoms with Crippen LogP contribution in [-0.2, 0) is 0 Å². The lowest BCUT2D eigenvalue weighted by atomic mass is 9.98. The molecule has 5 nitrogen and oxygen atoms in total. The van der Waals surface area contributed by atoms with Crippen LogP contribution in [-0.4, -0.2) is 41.7 Å². The van der Waals surface area contributed by atoms with Gasteiger partial charge in [0.05, 0.1) is 7.11 Å². The molecule has 21 heavy (non-hydrogen) atoms. The molecule has 2 fully saturated rings. The summed E-state index contributed by atoms with van der Waals surface area (Å²) in [5.74, 6) is 2.46. The maximum absolute atomic E-state index is 5.32. The maximum Gasteiger partial charge on any atom is 0.218 e. The summed E-state index contributed by atoms with van der Waals surface area (Å²) in [6.07, 6.45) is 6.23. The fourth-order valence-corrected chi connectivity index (χ4v) is 3.78. The Labute approximate surface area is 127 Å². The summed E-state index contributed by atoms with van der Waals surface area (Å²) in [6, 6.07) is 3.95. The molecule has 0 aliphatic carbocycles. The van der Waals surface area contributed by atoms with Crippen molar-refractivity contribution in [2.45, 2.75) is 64.1 Å². The highest BCUT2D eigenvalue weighted by Gasteiger charge is 2.36. The van der Waals surface area contributed by atoms with Gasteiger partial charge in [-0.2, -0.15) is 4.98 Å². The number of hydrogen-bond acceptors (Lipinski definition) is 5. The van der Waals surface area contributed by atoms with E-state index >= 15 is 0 Å². The Bertz CT molecular complexity index is 481. The third kappa shape index (κ3) is 3.12. The van der Waals surface area contributed by atoms with Gasteiger partial charge >= 0.3 is 0 Å². The third-order valence-corrected chi connectivity index (χ3v) is 4.66. The van der Waals surface area contributed by atoms with Gasteiger partial charge in [0, 0.05) is 30.7 Å². The molecule has 3 heterocycles. The van der Waals surface area contributed by atoms with E-state index in [1.807, 2.05) is 13.0 Å². The molecule has 1 aromatic heterocycles. The first-order valence-electron chi connectivity index (χ1n) is 8.12. The highest BCUT2D eigenvalue weighted by atomic mass is 16.5. The van der Waals surface area contributed by atoms with E-state index in [0.29, 0.717) is 24.0 Å². The molecule has 0 radical (unpaired) electrons. The number of nitrogens with one attached hydrogen (secondary N) is 1. The van der Waals surface area contributed by atoms with E-state index in [0.717, 1.165) is 24.6 Å². The quantitative estimate of drug-likeness (QED) is 0.901. The van der Waals surface area contributed by atoms with Gasteiger partial charge in [-0.15, -0.1) is 0 Å². The zero-order chi connectivity index (χ0) is 14.8. The van der Waals surface area contributed by atoms with Crippen molar-refractivity contribution in [1.82, 2.24) is 15.3 Å². The highest BCUT2D eigenvalue weighted by molar-refractivity contribution is 5.43. The van der Waals surface area contributed by atoms with E-state index in [2.05, 4.69) is 27.1 Å². The highest BCUT2D eigenvalue weighted by Crippen LogP contribution is 2.32. The van der Waals surface area contributed by atoms with Crippen LogP contribution in [0.25, 0.3) is 0 Å². The monoisotopic (exact) mass is 290 g/mol. The molecular formula is C16H26N4O. The second-order valence-corrected chi connectivity index (χ2v) is 6.27. The Hall–Kier alpha value is -1.36. The van der Waals surface area contributed by atoms with Gasteiger partial charge in [0.2, 0.25) is 5.88 Å². The summed E-state index contributed by atoms with van der Waals surface area (Å²) < 4.78 is 5.32. The largest absolute Gasteiger partial charge is 0.481 e. The van der Waals surface area contributed by atoms with Gasteiger partial charge in [0.15, 0.2) is 0 Å².